The van der Waals surface area contributed by atoms with Crippen molar-refractivity contribution in [1.29, 1.82) is 0 Å². The van der Waals surface area contributed by atoms with E-state index in [0.717, 1.165) is 5.56 Å². The lowest BCUT2D eigenvalue weighted by Gasteiger charge is -2.35. The van der Waals surface area contributed by atoms with Crippen LogP contribution in [0.5, 0.6) is 11.5 Å². The Kier molecular flexibility index (Phi) is 7.08. The summed E-state index contributed by atoms with van der Waals surface area (Å²) in [6.45, 7) is 0.366. The number of rotatable bonds is 7. The fourth-order valence-electron chi connectivity index (χ4n) is 3.83. The second-order valence-corrected chi connectivity index (χ2v) is 7.80. The SMILES string of the molecule is O=C(C[C@H]1CC[C@@H](NC(=O)Nc2ccc3c(c2)OCO3)[C@H](CO)O1)NCc1ccccc1. The van der Waals surface area contributed by atoms with Gasteiger partial charge in [0, 0.05) is 18.3 Å². The highest BCUT2D eigenvalue weighted by Crippen LogP contribution is 2.34. The van der Waals surface area contributed by atoms with E-state index < -0.39 is 12.1 Å². The Balaban J connectivity index is 1.23. The Labute approximate surface area is 186 Å². The number of fused-ring (bicyclic) bond motifs is 1. The summed E-state index contributed by atoms with van der Waals surface area (Å²) in [6, 6.07) is 14.0. The molecular formula is C23H27N3O6. The van der Waals surface area contributed by atoms with Gasteiger partial charge in [0.2, 0.25) is 12.7 Å². The van der Waals surface area contributed by atoms with Gasteiger partial charge >= 0.3 is 6.03 Å². The molecule has 4 rings (SSSR count). The topological polar surface area (TPSA) is 118 Å². The van der Waals surface area contributed by atoms with Crippen molar-refractivity contribution in [2.24, 2.45) is 0 Å². The maximum absolute atomic E-state index is 12.4. The number of hydrogen-bond acceptors (Lipinski definition) is 6. The smallest absolute Gasteiger partial charge is 0.319 e. The van der Waals surface area contributed by atoms with Crippen LogP contribution in [-0.2, 0) is 16.1 Å². The number of anilines is 1. The molecule has 0 aliphatic carbocycles. The number of urea groups is 1. The van der Waals surface area contributed by atoms with Crippen molar-refractivity contribution in [3.8, 4) is 11.5 Å². The summed E-state index contributed by atoms with van der Waals surface area (Å²) in [5.41, 5.74) is 1.59. The number of ether oxygens (including phenoxy) is 3. The van der Waals surface area contributed by atoms with E-state index >= 15 is 0 Å². The largest absolute Gasteiger partial charge is 0.454 e. The minimum absolute atomic E-state index is 0.109. The first-order valence-electron chi connectivity index (χ1n) is 10.6. The first kappa shape index (κ1) is 21.9. The summed E-state index contributed by atoms with van der Waals surface area (Å²) < 4.78 is 16.5. The molecule has 9 heteroatoms. The van der Waals surface area contributed by atoms with E-state index in [1.54, 1.807) is 18.2 Å². The zero-order valence-electron chi connectivity index (χ0n) is 17.6. The van der Waals surface area contributed by atoms with Crippen molar-refractivity contribution < 1.29 is 28.9 Å². The van der Waals surface area contributed by atoms with Gasteiger partial charge in [-0.1, -0.05) is 30.3 Å². The van der Waals surface area contributed by atoms with E-state index in [1.807, 2.05) is 30.3 Å². The summed E-state index contributed by atoms with van der Waals surface area (Å²) in [4.78, 5) is 24.7. The number of amides is 3. The molecule has 9 nitrogen and oxygen atoms in total. The number of hydrogen-bond donors (Lipinski definition) is 4. The molecule has 0 spiro atoms. The third kappa shape index (κ3) is 5.68. The monoisotopic (exact) mass is 441 g/mol. The third-order valence-electron chi connectivity index (χ3n) is 5.49. The van der Waals surface area contributed by atoms with Crippen molar-refractivity contribution in [1.82, 2.24) is 10.6 Å². The number of nitrogens with one attached hydrogen (secondary N) is 3. The maximum atomic E-state index is 12.4. The highest BCUT2D eigenvalue weighted by atomic mass is 16.7. The fraction of sp³-hybridized carbons (Fsp3) is 0.391. The molecule has 4 N–H and O–H groups in total. The van der Waals surface area contributed by atoms with Crippen molar-refractivity contribution in [2.45, 2.75) is 44.1 Å². The normalized spacial score (nSPS) is 21.6. The van der Waals surface area contributed by atoms with E-state index in [-0.39, 0.29) is 37.9 Å². The summed E-state index contributed by atoms with van der Waals surface area (Å²) >= 11 is 0. The highest BCUT2D eigenvalue weighted by Gasteiger charge is 2.33. The molecule has 0 bridgehead atoms. The maximum Gasteiger partial charge on any atom is 0.319 e. The molecule has 0 saturated carbocycles. The van der Waals surface area contributed by atoms with Gasteiger partial charge in [0.05, 0.1) is 25.2 Å². The van der Waals surface area contributed by atoms with Crippen LogP contribution in [0.25, 0.3) is 0 Å². The van der Waals surface area contributed by atoms with E-state index in [4.69, 9.17) is 14.2 Å². The second kappa shape index (κ2) is 10.3. The molecule has 2 aliphatic rings. The molecule has 0 radical (unpaired) electrons. The van der Waals surface area contributed by atoms with Gasteiger partial charge in [-0.15, -0.1) is 0 Å². The molecule has 2 aliphatic heterocycles. The Morgan fingerprint density at radius 2 is 1.84 bits per heavy atom. The van der Waals surface area contributed by atoms with Gasteiger partial charge in [0.25, 0.3) is 0 Å². The summed E-state index contributed by atoms with van der Waals surface area (Å²) in [6.07, 6.45) is 0.510. The number of aliphatic hydroxyl groups excluding tert-OH is 1. The van der Waals surface area contributed by atoms with Crippen molar-refractivity contribution in [3.63, 3.8) is 0 Å². The molecule has 2 aromatic rings. The molecule has 32 heavy (non-hydrogen) atoms. The fourth-order valence-corrected chi connectivity index (χ4v) is 3.83. The van der Waals surface area contributed by atoms with Crippen LogP contribution < -0.4 is 25.4 Å². The van der Waals surface area contributed by atoms with E-state index in [0.29, 0.717) is 36.6 Å². The van der Waals surface area contributed by atoms with Crippen LogP contribution in [-0.4, -0.2) is 48.7 Å². The molecule has 2 heterocycles. The Hall–Kier alpha value is -3.30. The van der Waals surface area contributed by atoms with Crippen LogP contribution in [0.15, 0.2) is 48.5 Å². The first-order valence-corrected chi connectivity index (χ1v) is 10.6. The molecule has 170 valence electrons. The zero-order chi connectivity index (χ0) is 22.3. The van der Waals surface area contributed by atoms with Crippen LogP contribution in [0.2, 0.25) is 0 Å². The van der Waals surface area contributed by atoms with Crippen molar-refractivity contribution in [3.05, 3.63) is 54.1 Å². The van der Waals surface area contributed by atoms with Crippen molar-refractivity contribution in [2.75, 3.05) is 18.7 Å². The first-order chi connectivity index (χ1) is 15.6. The quantitative estimate of drug-likeness (QED) is 0.523. The molecule has 2 aromatic carbocycles. The highest BCUT2D eigenvalue weighted by molar-refractivity contribution is 5.90. The van der Waals surface area contributed by atoms with Crippen LogP contribution in [0, 0.1) is 0 Å². The number of carbonyl (C=O) groups excluding carboxylic acids is 2. The second-order valence-electron chi connectivity index (χ2n) is 7.80. The van der Waals surface area contributed by atoms with Gasteiger partial charge in [0.15, 0.2) is 11.5 Å². The van der Waals surface area contributed by atoms with Crippen LogP contribution >= 0.6 is 0 Å². The summed E-state index contributed by atoms with van der Waals surface area (Å²) in [7, 11) is 0. The van der Waals surface area contributed by atoms with E-state index in [1.165, 1.54) is 0 Å². The number of carbonyl (C=O) groups is 2. The zero-order valence-corrected chi connectivity index (χ0v) is 17.6. The molecule has 0 unspecified atom stereocenters. The molecule has 0 aromatic heterocycles. The molecule has 3 amide bonds. The van der Waals surface area contributed by atoms with Gasteiger partial charge < -0.3 is 35.3 Å². The summed E-state index contributed by atoms with van der Waals surface area (Å²) in [5, 5.41) is 18.2. The minimum atomic E-state index is -0.585. The van der Waals surface area contributed by atoms with Crippen molar-refractivity contribution >= 4 is 17.6 Å². The Morgan fingerprint density at radius 3 is 2.66 bits per heavy atom. The lowest BCUT2D eigenvalue weighted by Crippen LogP contribution is -2.52. The lowest BCUT2D eigenvalue weighted by atomic mass is 9.97. The van der Waals surface area contributed by atoms with Crippen LogP contribution in [0.3, 0.4) is 0 Å². The van der Waals surface area contributed by atoms with E-state index in [2.05, 4.69) is 16.0 Å². The average Bonchev–Trinajstić information content (AvgIpc) is 3.27. The van der Waals surface area contributed by atoms with Gasteiger partial charge in [-0.3, -0.25) is 4.79 Å². The van der Waals surface area contributed by atoms with Gasteiger partial charge in [-0.05, 0) is 30.5 Å². The standard InChI is InChI=1S/C23H27N3O6/c27-13-21-18(26-23(29)25-16-6-9-19-20(10-16)31-14-30-19)8-7-17(32-21)11-22(28)24-12-15-4-2-1-3-5-15/h1-6,9-10,17-18,21,27H,7-8,11-14H2,(H,24,28)(H2,25,26,29)/t17-,18-,21+/m1/s1. The van der Waals surface area contributed by atoms with E-state index in [9.17, 15) is 14.7 Å². The molecule has 3 atom stereocenters. The van der Waals surface area contributed by atoms with Crippen LogP contribution in [0.4, 0.5) is 10.5 Å². The number of benzene rings is 2. The lowest BCUT2D eigenvalue weighted by molar-refractivity contribution is -0.130. The molecule has 1 saturated heterocycles. The average molecular weight is 441 g/mol. The van der Waals surface area contributed by atoms with Crippen LogP contribution in [0.1, 0.15) is 24.8 Å². The predicted octanol–water partition coefficient (Wildman–Crippen LogP) is 2.15. The Morgan fingerprint density at radius 1 is 1.03 bits per heavy atom. The Bertz CT molecular complexity index is 939. The predicted molar refractivity (Wildman–Crippen MR) is 116 cm³/mol. The van der Waals surface area contributed by atoms with Gasteiger partial charge in [-0.2, -0.15) is 0 Å². The molecular weight excluding hydrogens is 414 g/mol. The molecule has 1 fully saturated rings. The van der Waals surface area contributed by atoms with Gasteiger partial charge in [0.1, 0.15) is 6.10 Å². The third-order valence-corrected chi connectivity index (χ3v) is 5.49. The minimum Gasteiger partial charge on any atom is -0.454 e. The summed E-state index contributed by atoms with van der Waals surface area (Å²) in [5.74, 6) is 1.10. The van der Waals surface area contributed by atoms with Gasteiger partial charge in [-0.25, -0.2) is 4.79 Å². The number of aliphatic hydroxyl groups is 1.